The molecule has 0 saturated heterocycles. The summed E-state index contributed by atoms with van der Waals surface area (Å²) in [5, 5.41) is 0. The van der Waals surface area contributed by atoms with Crippen molar-refractivity contribution in [2.24, 2.45) is 5.92 Å². The van der Waals surface area contributed by atoms with Gasteiger partial charge in [-0.15, -0.1) is 0 Å². The molecule has 0 amide bonds. The summed E-state index contributed by atoms with van der Waals surface area (Å²) in [6.07, 6.45) is -2.47. The molecule has 0 saturated carbocycles. The first-order chi connectivity index (χ1) is 14.6. The molecule has 1 aromatic heterocycles. The van der Waals surface area contributed by atoms with Gasteiger partial charge in [0.15, 0.2) is 0 Å². The predicted octanol–water partition coefficient (Wildman–Crippen LogP) is 6.74. The number of aromatic nitrogens is 1. The topological polar surface area (TPSA) is 8.17 Å². The second kappa shape index (κ2) is 9.69. The minimum atomic E-state index is -4.36. The number of alkyl halides is 3. The first-order valence-electron chi connectivity index (χ1n) is 10.4. The standard InChI is InChI=1S/C25H28F4N2/c1-18(2)19(3)31(16-21-8-5-10-23(26)14-21)17-24-11-6-12-30(24)15-20-7-4-9-22(13-20)25(27,28)29/h4-14,18-19H,15-17H2,1-3H3/t19-/m0/s1. The quantitative estimate of drug-likeness (QED) is 0.358. The van der Waals surface area contributed by atoms with Gasteiger partial charge in [0.05, 0.1) is 5.56 Å². The van der Waals surface area contributed by atoms with Gasteiger partial charge in [0.1, 0.15) is 5.82 Å². The fourth-order valence-corrected chi connectivity index (χ4v) is 3.63. The number of halogens is 4. The van der Waals surface area contributed by atoms with Gasteiger partial charge in [-0.05, 0) is 60.4 Å². The minimum absolute atomic E-state index is 0.236. The third kappa shape index (κ3) is 6.20. The normalized spacial score (nSPS) is 13.2. The zero-order chi connectivity index (χ0) is 22.6. The van der Waals surface area contributed by atoms with Crippen molar-refractivity contribution in [2.75, 3.05) is 0 Å². The molecule has 0 unspecified atom stereocenters. The molecule has 0 fully saturated rings. The van der Waals surface area contributed by atoms with Gasteiger partial charge in [-0.3, -0.25) is 4.90 Å². The molecule has 0 bridgehead atoms. The van der Waals surface area contributed by atoms with E-state index in [1.807, 2.05) is 29.0 Å². The summed E-state index contributed by atoms with van der Waals surface area (Å²) in [7, 11) is 0. The second-order valence-electron chi connectivity index (χ2n) is 8.35. The number of nitrogens with zero attached hydrogens (tertiary/aromatic N) is 2. The van der Waals surface area contributed by atoms with Crippen LogP contribution in [0.25, 0.3) is 0 Å². The van der Waals surface area contributed by atoms with E-state index >= 15 is 0 Å². The Bertz CT molecular complexity index is 991. The Hall–Kier alpha value is -2.60. The number of hydrogen-bond acceptors (Lipinski definition) is 1. The van der Waals surface area contributed by atoms with Crippen molar-refractivity contribution >= 4 is 0 Å². The molecule has 166 valence electrons. The van der Waals surface area contributed by atoms with Gasteiger partial charge >= 0.3 is 6.18 Å². The van der Waals surface area contributed by atoms with E-state index in [0.29, 0.717) is 31.1 Å². The van der Waals surface area contributed by atoms with Crippen molar-refractivity contribution in [1.29, 1.82) is 0 Å². The van der Waals surface area contributed by atoms with E-state index in [4.69, 9.17) is 0 Å². The van der Waals surface area contributed by atoms with Crippen LogP contribution in [0.1, 0.15) is 43.2 Å². The van der Waals surface area contributed by atoms with Crippen LogP contribution in [0.5, 0.6) is 0 Å². The highest BCUT2D eigenvalue weighted by molar-refractivity contribution is 5.26. The van der Waals surface area contributed by atoms with Gasteiger partial charge in [0.25, 0.3) is 0 Å². The molecule has 2 nitrogen and oxygen atoms in total. The number of hydrogen-bond donors (Lipinski definition) is 0. The largest absolute Gasteiger partial charge is 0.416 e. The van der Waals surface area contributed by atoms with Gasteiger partial charge in [0, 0.05) is 37.6 Å². The summed E-state index contributed by atoms with van der Waals surface area (Å²) in [6, 6.07) is 16.2. The molecule has 3 aromatic rings. The summed E-state index contributed by atoms with van der Waals surface area (Å²) in [5.74, 6) is 0.128. The van der Waals surface area contributed by atoms with Crippen LogP contribution in [0, 0.1) is 11.7 Å². The highest BCUT2D eigenvalue weighted by Crippen LogP contribution is 2.30. The van der Waals surface area contributed by atoms with Crippen LogP contribution < -0.4 is 0 Å². The van der Waals surface area contributed by atoms with Gasteiger partial charge in [-0.2, -0.15) is 13.2 Å². The van der Waals surface area contributed by atoms with Crippen LogP contribution in [-0.4, -0.2) is 15.5 Å². The van der Waals surface area contributed by atoms with Crippen molar-refractivity contribution in [3.63, 3.8) is 0 Å². The highest BCUT2D eigenvalue weighted by atomic mass is 19.4. The third-order valence-corrected chi connectivity index (χ3v) is 5.71. The van der Waals surface area contributed by atoms with Crippen LogP contribution >= 0.6 is 0 Å². The molecular weight excluding hydrogens is 404 g/mol. The minimum Gasteiger partial charge on any atom is -0.346 e. The molecule has 1 heterocycles. The first kappa shape index (κ1) is 23.1. The molecule has 0 radical (unpaired) electrons. The van der Waals surface area contributed by atoms with E-state index in [1.165, 1.54) is 18.2 Å². The van der Waals surface area contributed by atoms with Gasteiger partial charge in [-0.1, -0.05) is 38.1 Å². The lowest BCUT2D eigenvalue weighted by Gasteiger charge is -2.32. The Kier molecular flexibility index (Phi) is 7.21. The number of benzene rings is 2. The molecule has 0 aliphatic carbocycles. The average Bonchev–Trinajstić information content (AvgIpc) is 3.13. The Morgan fingerprint density at radius 3 is 2.26 bits per heavy atom. The van der Waals surface area contributed by atoms with Crippen molar-refractivity contribution in [2.45, 2.75) is 52.6 Å². The van der Waals surface area contributed by atoms with E-state index in [2.05, 4.69) is 25.7 Å². The maximum atomic E-state index is 13.7. The van der Waals surface area contributed by atoms with Crippen LogP contribution in [0.4, 0.5) is 17.6 Å². The Morgan fingerprint density at radius 2 is 1.58 bits per heavy atom. The van der Waals surface area contributed by atoms with Gasteiger partial charge in [-0.25, -0.2) is 4.39 Å². The van der Waals surface area contributed by atoms with Crippen molar-refractivity contribution in [3.8, 4) is 0 Å². The van der Waals surface area contributed by atoms with Crippen molar-refractivity contribution < 1.29 is 17.6 Å². The fraction of sp³-hybridized carbons (Fsp3) is 0.360. The average molecular weight is 433 g/mol. The molecule has 3 rings (SSSR count). The Labute approximate surface area is 181 Å². The van der Waals surface area contributed by atoms with E-state index in [9.17, 15) is 17.6 Å². The van der Waals surface area contributed by atoms with E-state index < -0.39 is 11.7 Å². The summed E-state index contributed by atoms with van der Waals surface area (Å²) in [5.41, 5.74) is 1.85. The Balaban J connectivity index is 1.81. The predicted molar refractivity (Wildman–Crippen MR) is 115 cm³/mol. The lowest BCUT2D eigenvalue weighted by atomic mass is 10.0. The third-order valence-electron chi connectivity index (χ3n) is 5.71. The lowest BCUT2D eigenvalue weighted by Crippen LogP contribution is -2.36. The monoisotopic (exact) mass is 432 g/mol. The second-order valence-corrected chi connectivity index (χ2v) is 8.35. The van der Waals surface area contributed by atoms with Crippen LogP contribution in [0.2, 0.25) is 0 Å². The number of rotatable bonds is 8. The SMILES string of the molecule is CC(C)[C@H](C)N(Cc1cccc(F)c1)Cc1cccn1Cc1cccc(C(F)(F)F)c1. The molecule has 0 aliphatic heterocycles. The molecule has 0 spiro atoms. The maximum Gasteiger partial charge on any atom is 0.416 e. The van der Waals surface area contributed by atoms with Crippen LogP contribution in [0.15, 0.2) is 66.9 Å². The first-order valence-corrected chi connectivity index (χ1v) is 10.4. The zero-order valence-electron chi connectivity index (χ0n) is 18.0. The van der Waals surface area contributed by atoms with E-state index in [0.717, 1.165) is 17.3 Å². The van der Waals surface area contributed by atoms with Crippen LogP contribution in [0.3, 0.4) is 0 Å². The summed E-state index contributed by atoms with van der Waals surface area (Å²) >= 11 is 0. The molecule has 31 heavy (non-hydrogen) atoms. The van der Waals surface area contributed by atoms with Gasteiger partial charge < -0.3 is 4.57 Å². The molecule has 1 atom stereocenters. The fourth-order valence-electron chi connectivity index (χ4n) is 3.63. The zero-order valence-corrected chi connectivity index (χ0v) is 18.0. The summed E-state index contributed by atoms with van der Waals surface area (Å²) in [4.78, 5) is 2.28. The maximum absolute atomic E-state index is 13.7. The van der Waals surface area contributed by atoms with E-state index in [-0.39, 0.29) is 11.9 Å². The highest BCUT2D eigenvalue weighted by Gasteiger charge is 2.30. The molecular formula is C25H28F4N2. The summed E-state index contributed by atoms with van der Waals surface area (Å²) in [6.45, 7) is 7.99. The molecule has 0 aliphatic rings. The lowest BCUT2D eigenvalue weighted by molar-refractivity contribution is -0.137. The van der Waals surface area contributed by atoms with Crippen LogP contribution in [-0.2, 0) is 25.8 Å². The Morgan fingerprint density at radius 1 is 0.871 bits per heavy atom. The van der Waals surface area contributed by atoms with E-state index in [1.54, 1.807) is 18.2 Å². The van der Waals surface area contributed by atoms with Gasteiger partial charge in [0.2, 0.25) is 0 Å². The molecule has 2 aromatic carbocycles. The smallest absolute Gasteiger partial charge is 0.346 e. The molecule has 6 heteroatoms. The molecule has 0 N–H and O–H groups in total. The van der Waals surface area contributed by atoms with Crippen molar-refractivity contribution in [3.05, 3.63) is 95.1 Å². The summed E-state index contributed by atoms with van der Waals surface area (Å²) < 4.78 is 54.8. The van der Waals surface area contributed by atoms with Crippen molar-refractivity contribution in [1.82, 2.24) is 9.47 Å².